The highest BCUT2D eigenvalue weighted by Crippen LogP contribution is 2.28. The van der Waals surface area contributed by atoms with Gasteiger partial charge in [0, 0.05) is 10.7 Å². The molecule has 10 nitrogen and oxygen atoms in total. The lowest BCUT2D eigenvalue weighted by atomic mass is 10.2. The van der Waals surface area contributed by atoms with Crippen LogP contribution in [0, 0.1) is 6.92 Å². The van der Waals surface area contributed by atoms with Crippen molar-refractivity contribution in [3.63, 3.8) is 0 Å². The van der Waals surface area contributed by atoms with E-state index in [0.717, 1.165) is 4.31 Å². The molecule has 2 amide bonds. The largest absolute Gasteiger partial charge is 0.497 e. The zero-order valence-corrected chi connectivity index (χ0v) is 24.9. The van der Waals surface area contributed by atoms with Crippen molar-refractivity contribution < 1.29 is 27.5 Å². The van der Waals surface area contributed by atoms with E-state index in [1.54, 1.807) is 99.0 Å². The molecular weight excluding hydrogens is 592 g/mol. The number of sulfonamides is 1. The molecule has 0 saturated heterocycles. The predicted molar refractivity (Wildman–Crippen MR) is 166 cm³/mol. The minimum Gasteiger partial charge on any atom is -0.497 e. The van der Waals surface area contributed by atoms with Gasteiger partial charge in [0.25, 0.3) is 21.8 Å². The van der Waals surface area contributed by atoms with Gasteiger partial charge in [-0.1, -0.05) is 29.8 Å². The van der Waals surface area contributed by atoms with Crippen molar-refractivity contribution in [1.82, 2.24) is 5.43 Å². The van der Waals surface area contributed by atoms with Gasteiger partial charge < -0.3 is 14.8 Å². The number of carbonyl (C=O) groups excluding carboxylic acids is 2. The number of hydrogen-bond donors (Lipinski definition) is 2. The Kier molecular flexibility index (Phi) is 10.4. The second-order valence-corrected chi connectivity index (χ2v) is 11.5. The van der Waals surface area contributed by atoms with Crippen LogP contribution in [-0.4, -0.2) is 46.7 Å². The zero-order chi connectivity index (χ0) is 30.8. The summed E-state index contributed by atoms with van der Waals surface area (Å²) in [4.78, 5) is 25.0. The molecule has 0 unspecified atom stereocenters. The zero-order valence-electron chi connectivity index (χ0n) is 23.4. The van der Waals surface area contributed by atoms with Crippen LogP contribution in [0.2, 0.25) is 5.02 Å². The molecule has 2 N–H and O–H groups in total. The van der Waals surface area contributed by atoms with Crippen LogP contribution in [0.15, 0.2) is 107 Å². The van der Waals surface area contributed by atoms with E-state index in [0.29, 0.717) is 39.0 Å². The SMILES string of the molecule is COc1ccc(NC(=O)COc2ccc(/C=N\NC(=O)CN(c3ccc(Cl)cc3C)S(=O)(=O)c3ccccc3)cc2)cc1. The van der Waals surface area contributed by atoms with Gasteiger partial charge >= 0.3 is 0 Å². The normalized spacial score (nSPS) is 11.1. The van der Waals surface area contributed by atoms with E-state index in [9.17, 15) is 18.0 Å². The third-order valence-corrected chi connectivity index (χ3v) is 8.08. The lowest BCUT2D eigenvalue weighted by Gasteiger charge is -2.25. The summed E-state index contributed by atoms with van der Waals surface area (Å²) in [6.07, 6.45) is 1.40. The van der Waals surface area contributed by atoms with Crippen molar-refractivity contribution in [3.8, 4) is 11.5 Å². The van der Waals surface area contributed by atoms with E-state index >= 15 is 0 Å². The predicted octanol–water partition coefficient (Wildman–Crippen LogP) is 5.02. The molecule has 43 heavy (non-hydrogen) atoms. The van der Waals surface area contributed by atoms with Crippen LogP contribution in [0.4, 0.5) is 11.4 Å². The summed E-state index contributed by atoms with van der Waals surface area (Å²) in [5, 5.41) is 7.14. The van der Waals surface area contributed by atoms with Crippen molar-refractivity contribution in [3.05, 3.63) is 113 Å². The number of aryl methyl sites for hydroxylation is 1. The molecule has 4 rings (SSSR count). The van der Waals surface area contributed by atoms with Crippen LogP contribution in [0.5, 0.6) is 11.5 Å². The first-order valence-electron chi connectivity index (χ1n) is 13.0. The highest BCUT2D eigenvalue weighted by Gasteiger charge is 2.28. The number of benzene rings is 4. The summed E-state index contributed by atoms with van der Waals surface area (Å²) in [5.74, 6) is 0.179. The average molecular weight is 621 g/mol. The van der Waals surface area contributed by atoms with Gasteiger partial charge in [0.2, 0.25) is 0 Å². The van der Waals surface area contributed by atoms with Gasteiger partial charge in [0.15, 0.2) is 6.61 Å². The first kappa shape index (κ1) is 31.1. The van der Waals surface area contributed by atoms with E-state index in [4.69, 9.17) is 21.1 Å². The molecule has 0 fully saturated rings. The summed E-state index contributed by atoms with van der Waals surface area (Å²) >= 11 is 6.07. The number of ether oxygens (including phenoxy) is 2. The Morgan fingerprint density at radius 1 is 0.907 bits per heavy atom. The topological polar surface area (TPSA) is 126 Å². The molecule has 4 aromatic rings. The van der Waals surface area contributed by atoms with E-state index in [2.05, 4.69) is 15.8 Å². The average Bonchev–Trinajstić information content (AvgIpc) is 3.00. The number of rotatable bonds is 12. The van der Waals surface area contributed by atoms with Gasteiger partial charge in [0.05, 0.1) is 23.9 Å². The molecule has 0 saturated carbocycles. The van der Waals surface area contributed by atoms with Gasteiger partial charge in [0.1, 0.15) is 18.0 Å². The molecule has 12 heteroatoms. The van der Waals surface area contributed by atoms with E-state index in [1.807, 2.05) is 0 Å². The maximum Gasteiger partial charge on any atom is 0.264 e. The Morgan fingerprint density at radius 2 is 1.58 bits per heavy atom. The first-order chi connectivity index (χ1) is 20.7. The second-order valence-electron chi connectivity index (χ2n) is 9.18. The Bertz CT molecular complexity index is 1700. The van der Waals surface area contributed by atoms with Crippen LogP contribution in [0.3, 0.4) is 0 Å². The number of nitrogens with one attached hydrogen (secondary N) is 2. The molecular formula is C31H29ClN4O6S. The van der Waals surface area contributed by atoms with E-state index < -0.39 is 22.5 Å². The lowest BCUT2D eigenvalue weighted by Crippen LogP contribution is -2.40. The summed E-state index contributed by atoms with van der Waals surface area (Å²) < 4.78 is 38.6. The van der Waals surface area contributed by atoms with Crippen molar-refractivity contribution in [2.75, 3.05) is 29.9 Å². The summed E-state index contributed by atoms with van der Waals surface area (Å²) in [6, 6.07) is 26.2. The van der Waals surface area contributed by atoms with Crippen LogP contribution in [-0.2, 0) is 19.6 Å². The molecule has 0 spiro atoms. The molecule has 0 bridgehead atoms. The van der Waals surface area contributed by atoms with Crippen LogP contribution in [0.25, 0.3) is 0 Å². The highest BCUT2D eigenvalue weighted by atomic mass is 35.5. The molecule has 0 aliphatic heterocycles. The van der Waals surface area contributed by atoms with Crippen molar-refractivity contribution in [1.29, 1.82) is 0 Å². The number of methoxy groups -OCH3 is 1. The van der Waals surface area contributed by atoms with E-state index in [-0.39, 0.29) is 17.4 Å². The molecule has 4 aromatic carbocycles. The number of amides is 2. The molecule has 0 aliphatic carbocycles. The maximum atomic E-state index is 13.5. The number of halogens is 1. The third kappa shape index (κ3) is 8.57. The minimum absolute atomic E-state index is 0.0428. The van der Waals surface area contributed by atoms with Crippen LogP contribution < -0.4 is 24.5 Å². The fourth-order valence-corrected chi connectivity index (χ4v) is 5.67. The lowest BCUT2D eigenvalue weighted by molar-refractivity contribution is -0.119. The Labute approximate surface area is 254 Å². The van der Waals surface area contributed by atoms with Crippen LogP contribution in [0.1, 0.15) is 11.1 Å². The minimum atomic E-state index is -4.07. The number of hydrazone groups is 1. The Morgan fingerprint density at radius 3 is 2.23 bits per heavy atom. The third-order valence-electron chi connectivity index (χ3n) is 6.07. The number of hydrogen-bond acceptors (Lipinski definition) is 7. The van der Waals surface area contributed by atoms with Crippen molar-refractivity contribution >= 4 is 51.0 Å². The van der Waals surface area contributed by atoms with Gasteiger partial charge in [-0.2, -0.15) is 5.10 Å². The summed E-state index contributed by atoms with van der Waals surface area (Å²) in [7, 11) is -2.50. The van der Waals surface area contributed by atoms with Crippen LogP contribution >= 0.6 is 11.6 Å². The molecule has 0 aliphatic rings. The van der Waals surface area contributed by atoms with Gasteiger partial charge in [-0.15, -0.1) is 0 Å². The molecule has 0 atom stereocenters. The van der Waals surface area contributed by atoms with Gasteiger partial charge in [-0.25, -0.2) is 13.8 Å². The number of carbonyl (C=O) groups is 2. The van der Waals surface area contributed by atoms with Crippen molar-refractivity contribution in [2.45, 2.75) is 11.8 Å². The fourth-order valence-electron chi connectivity index (χ4n) is 3.93. The van der Waals surface area contributed by atoms with E-state index in [1.165, 1.54) is 18.3 Å². The first-order valence-corrected chi connectivity index (χ1v) is 14.8. The quantitative estimate of drug-likeness (QED) is 0.169. The van der Waals surface area contributed by atoms with Crippen molar-refractivity contribution in [2.24, 2.45) is 5.10 Å². The Balaban J connectivity index is 1.34. The second kappa shape index (κ2) is 14.3. The molecule has 222 valence electrons. The molecule has 0 radical (unpaired) electrons. The molecule has 0 aromatic heterocycles. The Hall–Kier alpha value is -4.87. The molecule has 0 heterocycles. The number of nitrogens with zero attached hydrogens (tertiary/aromatic N) is 2. The maximum absolute atomic E-state index is 13.5. The highest BCUT2D eigenvalue weighted by molar-refractivity contribution is 7.92. The summed E-state index contributed by atoms with van der Waals surface area (Å²) in [5.41, 5.74) is 4.54. The smallest absolute Gasteiger partial charge is 0.264 e. The van der Waals surface area contributed by atoms with Gasteiger partial charge in [-0.05, 0) is 96.9 Å². The van der Waals surface area contributed by atoms with Gasteiger partial charge in [-0.3, -0.25) is 13.9 Å². The fraction of sp³-hybridized carbons (Fsp3) is 0.129. The summed E-state index contributed by atoms with van der Waals surface area (Å²) in [6.45, 7) is 1.01. The monoisotopic (exact) mass is 620 g/mol. The standard InChI is InChI=1S/C31H29ClN4O6S/c1-22-18-24(32)10-17-29(22)36(43(39,40)28-6-4-3-5-7-28)20-30(37)35-33-19-23-8-13-27(14-9-23)42-21-31(38)34-25-11-15-26(41-2)16-12-25/h3-19H,20-21H2,1-2H3,(H,34,38)(H,35,37)/b33-19-. The number of anilines is 2.